The molecule has 0 aliphatic carbocycles. The first-order chi connectivity index (χ1) is 6.86. The summed E-state index contributed by atoms with van der Waals surface area (Å²) in [5.74, 6) is 0. The summed E-state index contributed by atoms with van der Waals surface area (Å²) in [5.41, 5.74) is 18.1. The lowest BCUT2D eigenvalue weighted by Crippen LogP contribution is -1.83. The first kappa shape index (κ1) is 9.92. The third kappa shape index (κ3) is 3.06. The molecule has 0 aromatic heterocycles. The second-order valence-corrected chi connectivity index (χ2v) is 2.59. The highest BCUT2D eigenvalue weighted by Gasteiger charge is 1.92. The molecule has 0 heterocycles. The fraction of sp³-hybridized carbons (Fsp3) is 0.250. The van der Waals surface area contributed by atoms with Gasteiger partial charge < -0.3 is 0 Å². The molecule has 0 aliphatic rings. The molecule has 0 atom stereocenters. The minimum absolute atomic E-state index is 0.346. The van der Waals surface area contributed by atoms with Crippen LogP contribution >= 0.6 is 0 Å². The van der Waals surface area contributed by atoms with Crippen LogP contribution in [0.3, 0.4) is 0 Å². The van der Waals surface area contributed by atoms with Gasteiger partial charge in [0.05, 0.1) is 13.1 Å². The molecule has 6 heteroatoms. The molecule has 6 nitrogen and oxygen atoms in total. The van der Waals surface area contributed by atoms with E-state index in [1.165, 1.54) is 0 Å². The normalized spacial score (nSPS) is 8.57. The predicted octanol–water partition coefficient (Wildman–Crippen LogP) is 3.31. The summed E-state index contributed by atoms with van der Waals surface area (Å²) in [5, 5.41) is 6.86. The second kappa shape index (κ2) is 5.48. The molecule has 0 amide bonds. The molecule has 0 saturated carbocycles. The molecule has 1 aromatic carbocycles. The molecule has 0 spiro atoms. The van der Waals surface area contributed by atoms with Gasteiger partial charge >= 0.3 is 0 Å². The first-order valence-electron chi connectivity index (χ1n) is 3.96. The van der Waals surface area contributed by atoms with Gasteiger partial charge in [-0.2, -0.15) is 0 Å². The van der Waals surface area contributed by atoms with Crippen molar-refractivity contribution >= 4 is 0 Å². The molecule has 14 heavy (non-hydrogen) atoms. The fourth-order valence-corrected chi connectivity index (χ4v) is 0.977. The van der Waals surface area contributed by atoms with Crippen LogP contribution in [0.4, 0.5) is 0 Å². The lowest BCUT2D eigenvalue weighted by atomic mass is 10.1. The number of rotatable bonds is 4. The molecule has 0 unspecified atom stereocenters. The molecule has 0 N–H and O–H groups in total. The van der Waals surface area contributed by atoms with E-state index in [2.05, 4.69) is 20.1 Å². The lowest BCUT2D eigenvalue weighted by molar-refractivity contribution is 1.02. The highest BCUT2D eigenvalue weighted by atomic mass is 15.1. The van der Waals surface area contributed by atoms with Crippen LogP contribution in [0.2, 0.25) is 0 Å². The Labute approximate surface area is 80.4 Å². The number of azide groups is 2. The highest BCUT2D eigenvalue weighted by Crippen LogP contribution is 2.06. The molecule has 0 saturated heterocycles. The SMILES string of the molecule is [N-]=[N+]=NCc1ccc(CN=[N+]=[N-])cc1. The minimum Gasteiger partial charge on any atom is -0.0893 e. The van der Waals surface area contributed by atoms with Crippen LogP contribution in [0, 0.1) is 0 Å². The molecule has 1 rings (SSSR count). The van der Waals surface area contributed by atoms with Gasteiger partial charge in [0.1, 0.15) is 0 Å². The summed E-state index contributed by atoms with van der Waals surface area (Å²) in [7, 11) is 0. The number of benzene rings is 1. The van der Waals surface area contributed by atoms with E-state index in [0.717, 1.165) is 11.1 Å². The summed E-state index contributed by atoms with van der Waals surface area (Å²) in [6.45, 7) is 0.691. The maximum atomic E-state index is 8.10. The van der Waals surface area contributed by atoms with Gasteiger partial charge in [-0.15, -0.1) is 0 Å². The van der Waals surface area contributed by atoms with Crippen molar-refractivity contribution in [2.75, 3.05) is 0 Å². The smallest absolute Gasteiger partial charge is 0.0510 e. The van der Waals surface area contributed by atoms with Crippen molar-refractivity contribution in [3.05, 3.63) is 56.3 Å². The molecular weight excluding hydrogens is 180 g/mol. The molecule has 70 valence electrons. The quantitative estimate of drug-likeness (QED) is 0.393. The van der Waals surface area contributed by atoms with E-state index < -0.39 is 0 Å². The van der Waals surface area contributed by atoms with Crippen molar-refractivity contribution < 1.29 is 0 Å². The Bertz CT molecular complexity index is 344. The largest absolute Gasteiger partial charge is 0.0893 e. The third-order valence-electron chi connectivity index (χ3n) is 1.66. The first-order valence-corrected chi connectivity index (χ1v) is 3.96. The Hall–Kier alpha value is -2.16. The number of hydrogen-bond donors (Lipinski definition) is 0. The van der Waals surface area contributed by atoms with Crippen LogP contribution < -0.4 is 0 Å². The van der Waals surface area contributed by atoms with Crippen LogP contribution in [0.1, 0.15) is 11.1 Å². The Morgan fingerprint density at radius 3 is 1.50 bits per heavy atom. The average Bonchev–Trinajstić information content (AvgIpc) is 2.25. The Balaban J connectivity index is 2.67. The summed E-state index contributed by atoms with van der Waals surface area (Å²) >= 11 is 0. The summed E-state index contributed by atoms with van der Waals surface area (Å²) in [4.78, 5) is 5.32. The van der Waals surface area contributed by atoms with Gasteiger partial charge in [0, 0.05) is 9.82 Å². The van der Waals surface area contributed by atoms with Crippen molar-refractivity contribution in [3.63, 3.8) is 0 Å². The van der Waals surface area contributed by atoms with Gasteiger partial charge in [-0.1, -0.05) is 34.5 Å². The number of hydrogen-bond acceptors (Lipinski definition) is 2. The van der Waals surface area contributed by atoms with Crippen LogP contribution in [-0.4, -0.2) is 0 Å². The molecule has 0 fully saturated rings. The van der Waals surface area contributed by atoms with Gasteiger partial charge in [-0.25, -0.2) is 0 Å². The van der Waals surface area contributed by atoms with Crippen molar-refractivity contribution in [1.29, 1.82) is 0 Å². The number of nitrogens with zero attached hydrogens (tertiary/aromatic N) is 6. The van der Waals surface area contributed by atoms with Crippen molar-refractivity contribution in [3.8, 4) is 0 Å². The zero-order chi connectivity index (χ0) is 10.2. The predicted molar refractivity (Wildman–Crippen MR) is 52.1 cm³/mol. The van der Waals surface area contributed by atoms with Crippen molar-refractivity contribution in [2.24, 2.45) is 10.2 Å². The van der Waals surface area contributed by atoms with Gasteiger partial charge in [0.2, 0.25) is 0 Å². The van der Waals surface area contributed by atoms with E-state index in [0.29, 0.717) is 13.1 Å². The van der Waals surface area contributed by atoms with Gasteiger partial charge in [-0.3, -0.25) is 0 Å². The topological polar surface area (TPSA) is 97.5 Å². The highest BCUT2D eigenvalue weighted by molar-refractivity contribution is 5.22. The van der Waals surface area contributed by atoms with Crippen LogP contribution in [0.5, 0.6) is 0 Å². The van der Waals surface area contributed by atoms with Crippen molar-refractivity contribution in [2.45, 2.75) is 13.1 Å². The average molecular weight is 188 g/mol. The lowest BCUT2D eigenvalue weighted by Gasteiger charge is -1.97. The van der Waals surface area contributed by atoms with Gasteiger partial charge in [0.15, 0.2) is 0 Å². The van der Waals surface area contributed by atoms with Crippen LogP contribution in [0.15, 0.2) is 34.5 Å². The van der Waals surface area contributed by atoms with E-state index >= 15 is 0 Å². The molecule has 0 radical (unpaired) electrons. The van der Waals surface area contributed by atoms with Crippen LogP contribution in [-0.2, 0) is 13.1 Å². The Morgan fingerprint density at radius 2 is 1.21 bits per heavy atom. The van der Waals surface area contributed by atoms with E-state index in [4.69, 9.17) is 11.1 Å². The molecule has 0 bridgehead atoms. The Kier molecular flexibility index (Phi) is 3.88. The summed E-state index contributed by atoms with van der Waals surface area (Å²) < 4.78 is 0. The molecule has 0 aliphatic heterocycles. The summed E-state index contributed by atoms with van der Waals surface area (Å²) in [6.07, 6.45) is 0. The maximum Gasteiger partial charge on any atom is 0.0510 e. The van der Waals surface area contributed by atoms with Gasteiger partial charge in [0.25, 0.3) is 0 Å². The monoisotopic (exact) mass is 188 g/mol. The van der Waals surface area contributed by atoms with E-state index in [9.17, 15) is 0 Å². The minimum atomic E-state index is 0.346. The van der Waals surface area contributed by atoms with E-state index in [-0.39, 0.29) is 0 Å². The standard InChI is InChI=1S/C8H8N6/c9-13-11-5-7-1-2-8(4-3-7)6-12-14-10/h1-4H,5-6H2. The van der Waals surface area contributed by atoms with Gasteiger partial charge in [-0.05, 0) is 22.2 Å². The zero-order valence-corrected chi connectivity index (χ0v) is 7.41. The fourth-order valence-electron chi connectivity index (χ4n) is 0.977. The Morgan fingerprint density at radius 1 is 0.857 bits per heavy atom. The maximum absolute atomic E-state index is 8.10. The molecular formula is C8H8N6. The third-order valence-corrected chi connectivity index (χ3v) is 1.66. The van der Waals surface area contributed by atoms with Crippen LogP contribution in [0.25, 0.3) is 20.9 Å². The summed E-state index contributed by atoms with van der Waals surface area (Å²) in [6, 6.07) is 7.38. The molecule has 1 aromatic rings. The van der Waals surface area contributed by atoms with Crippen molar-refractivity contribution in [1.82, 2.24) is 0 Å². The zero-order valence-electron chi connectivity index (χ0n) is 7.41. The second-order valence-electron chi connectivity index (χ2n) is 2.59. The van der Waals surface area contributed by atoms with E-state index in [1.807, 2.05) is 24.3 Å². The van der Waals surface area contributed by atoms with E-state index in [1.54, 1.807) is 0 Å².